The number of amides is 1. The van der Waals surface area contributed by atoms with E-state index in [1.807, 2.05) is 24.3 Å². The van der Waals surface area contributed by atoms with Gasteiger partial charge in [-0.1, -0.05) is 23.7 Å². The van der Waals surface area contributed by atoms with E-state index in [1.54, 1.807) is 23.1 Å². The van der Waals surface area contributed by atoms with E-state index in [2.05, 4.69) is 0 Å². The zero-order chi connectivity index (χ0) is 12.7. The Balaban J connectivity index is 2.02. The van der Waals surface area contributed by atoms with Crippen molar-refractivity contribution in [3.63, 3.8) is 0 Å². The first kappa shape index (κ1) is 11.1. The van der Waals surface area contributed by atoms with Crippen molar-refractivity contribution in [3.8, 4) is 0 Å². The molecule has 1 heterocycles. The average Bonchev–Trinajstić information content (AvgIpc) is 2.67. The Morgan fingerprint density at radius 1 is 1.17 bits per heavy atom. The average molecular weight is 259 g/mol. The third-order valence-corrected chi connectivity index (χ3v) is 3.29. The van der Waals surface area contributed by atoms with Crippen molar-refractivity contribution < 1.29 is 4.79 Å². The van der Waals surface area contributed by atoms with Gasteiger partial charge < -0.3 is 10.6 Å². The fourth-order valence-corrected chi connectivity index (χ4v) is 2.36. The highest BCUT2D eigenvalue weighted by Gasteiger charge is 2.28. The summed E-state index contributed by atoms with van der Waals surface area (Å²) in [6, 6.07) is 12.7. The third-order valence-electron chi connectivity index (χ3n) is 3.06. The second kappa shape index (κ2) is 4.03. The van der Waals surface area contributed by atoms with Crippen LogP contribution in [0, 0.1) is 0 Å². The number of nitrogen functional groups attached to an aromatic ring is 1. The lowest BCUT2D eigenvalue weighted by atomic mass is 10.1. The van der Waals surface area contributed by atoms with Crippen molar-refractivity contribution >= 4 is 28.9 Å². The van der Waals surface area contributed by atoms with Crippen LogP contribution in [-0.2, 0) is 6.54 Å². The molecule has 2 N–H and O–H groups in total. The van der Waals surface area contributed by atoms with E-state index < -0.39 is 0 Å². The van der Waals surface area contributed by atoms with Gasteiger partial charge in [0, 0.05) is 22.0 Å². The Morgan fingerprint density at radius 2 is 2.00 bits per heavy atom. The number of halogens is 1. The zero-order valence-electron chi connectivity index (χ0n) is 9.56. The second-order valence-electron chi connectivity index (χ2n) is 4.29. The summed E-state index contributed by atoms with van der Waals surface area (Å²) in [5.74, 6) is -0.0282. The molecule has 0 spiro atoms. The number of carbonyl (C=O) groups excluding carboxylic acids is 1. The van der Waals surface area contributed by atoms with Crippen LogP contribution in [-0.4, -0.2) is 5.91 Å². The van der Waals surface area contributed by atoms with Crippen LogP contribution in [0.5, 0.6) is 0 Å². The van der Waals surface area contributed by atoms with Gasteiger partial charge in [0.25, 0.3) is 5.91 Å². The lowest BCUT2D eigenvalue weighted by molar-refractivity contribution is 0.0996. The molecule has 0 saturated heterocycles. The van der Waals surface area contributed by atoms with Crippen molar-refractivity contribution in [1.29, 1.82) is 0 Å². The molecule has 0 aliphatic carbocycles. The molecule has 1 amide bonds. The van der Waals surface area contributed by atoms with Crippen LogP contribution in [0.15, 0.2) is 42.5 Å². The summed E-state index contributed by atoms with van der Waals surface area (Å²) in [6.45, 7) is 0.564. The Morgan fingerprint density at radius 3 is 2.78 bits per heavy atom. The fourth-order valence-electron chi connectivity index (χ4n) is 2.17. The highest BCUT2D eigenvalue weighted by molar-refractivity contribution is 6.31. The number of nitrogens with two attached hydrogens (primary N) is 1. The van der Waals surface area contributed by atoms with Gasteiger partial charge in [0.05, 0.1) is 6.54 Å². The molecule has 18 heavy (non-hydrogen) atoms. The molecule has 4 heteroatoms. The summed E-state index contributed by atoms with van der Waals surface area (Å²) in [6.07, 6.45) is 0. The predicted octanol–water partition coefficient (Wildman–Crippen LogP) is 3.08. The standard InChI is InChI=1S/C14H11ClN2O/c15-10-2-1-3-12(6-10)17-8-9-4-5-11(16)7-13(9)14(17)18/h1-7H,8,16H2. The van der Waals surface area contributed by atoms with Gasteiger partial charge >= 0.3 is 0 Å². The molecule has 1 aliphatic heterocycles. The Hall–Kier alpha value is -2.00. The van der Waals surface area contributed by atoms with E-state index in [9.17, 15) is 4.79 Å². The van der Waals surface area contributed by atoms with Gasteiger partial charge in [-0.05, 0) is 35.9 Å². The number of hydrogen-bond acceptors (Lipinski definition) is 2. The molecule has 3 rings (SSSR count). The number of benzene rings is 2. The number of carbonyl (C=O) groups is 1. The van der Waals surface area contributed by atoms with Crippen LogP contribution >= 0.6 is 11.6 Å². The molecule has 2 aromatic carbocycles. The topological polar surface area (TPSA) is 46.3 Å². The lowest BCUT2D eigenvalue weighted by Gasteiger charge is -2.15. The van der Waals surface area contributed by atoms with Crippen molar-refractivity contribution in [1.82, 2.24) is 0 Å². The number of nitrogens with zero attached hydrogens (tertiary/aromatic N) is 1. The number of rotatable bonds is 1. The van der Waals surface area contributed by atoms with Crippen LogP contribution in [0.1, 0.15) is 15.9 Å². The number of fused-ring (bicyclic) bond motifs is 1. The monoisotopic (exact) mass is 258 g/mol. The maximum Gasteiger partial charge on any atom is 0.259 e. The third kappa shape index (κ3) is 1.73. The molecule has 0 bridgehead atoms. The number of hydrogen-bond donors (Lipinski definition) is 1. The molecule has 90 valence electrons. The van der Waals surface area contributed by atoms with Gasteiger partial charge in [-0.3, -0.25) is 4.79 Å². The summed E-state index contributed by atoms with van der Waals surface area (Å²) < 4.78 is 0. The maximum atomic E-state index is 12.3. The minimum absolute atomic E-state index is 0.0282. The molecular formula is C14H11ClN2O. The van der Waals surface area contributed by atoms with E-state index in [1.165, 1.54) is 0 Å². The first-order valence-electron chi connectivity index (χ1n) is 5.61. The van der Waals surface area contributed by atoms with Crippen molar-refractivity contribution in [2.24, 2.45) is 0 Å². The van der Waals surface area contributed by atoms with Gasteiger partial charge in [-0.25, -0.2) is 0 Å². The van der Waals surface area contributed by atoms with Gasteiger partial charge in [-0.2, -0.15) is 0 Å². The highest BCUT2D eigenvalue weighted by Crippen LogP contribution is 2.30. The van der Waals surface area contributed by atoms with Crippen molar-refractivity contribution in [2.75, 3.05) is 10.6 Å². The van der Waals surface area contributed by atoms with Gasteiger partial charge in [0.1, 0.15) is 0 Å². The molecule has 3 nitrogen and oxygen atoms in total. The normalized spacial score (nSPS) is 13.8. The molecule has 0 radical (unpaired) electrons. The Bertz CT molecular complexity index is 639. The maximum absolute atomic E-state index is 12.3. The summed E-state index contributed by atoms with van der Waals surface area (Å²) in [5, 5.41) is 0.621. The minimum atomic E-state index is -0.0282. The molecule has 2 aromatic rings. The quantitative estimate of drug-likeness (QED) is 0.799. The van der Waals surface area contributed by atoms with Crippen LogP contribution in [0.3, 0.4) is 0 Å². The van der Waals surface area contributed by atoms with Crippen LogP contribution < -0.4 is 10.6 Å². The summed E-state index contributed by atoms with van der Waals surface area (Å²) in [5.41, 5.74) is 8.79. The van der Waals surface area contributed by atoms with Crippen molar-refractivity contribution in [2.45, 2.75) is 6.54 Å². The fraction of sp³-hybridized carbons (Fsp3) is 0.0714. The first-order valence-corrected chi connectivity index (χ1v) is 5.99. The SMILES string of the molecule is Nc1ccc2c(c1)C(=O)N(c1cccc(Cl)c1)C2. The van der Waals surface area contributed by atoms with E-state index in [-0.39, 0.29) is 5.91 Å². The molecule has 1 aliphatic rings. The van der Waals surface area contributed by atoms with Gasteiger partial charge in [0.2, 0.25) is 0 Å². The van der Waals surface area contributed by atoms with Crippen LogP contribution in [0.2, 0.25) is 5.02 Å². The molecule has 0 aromatic heterocycles. The van der Waals surface area contributed by atoms with Gasteiger partial charge in [-0.15, -0.1) is 0 Å². The zero-order valence-corrected chi connectivity index (χ0v) is 10.3. The smallest absolute Gasteiger partial charge is 0.259 e. The van der Waals surface area contributed by atoms with E-state index >= 15 is 0 Å². The molecule has 0 unspecified atom stereocenters. The Labute approximate surface area is 110 Å². The summed E-state index contributed by atoms with van der Waals surface area (Å²) in [7, 11) is 0. The van der Waals surface area contributed by atoms with E-state index in [4.69, 9.17) is 17.3 Å². The largest absolute Gasteiger partial charge is 0.399 e. The second-order valence-corrected chi connectivity index (χ2v) is 4.72. The summed E-state index contributed by atoms with van der Waals surface area (Å²) >= 11 is 5.95. The van der Waals surface area contributed by atoms with Gasteiger partial charge in [0.15, 0.2) is 0 Å². The first-order chi connectivity index (χ1) is 8.65. The van der Waals surface area contributed by atoms with E-state index in [0.29, 0.717) is 22.8 Å². The van der Waals surface area contributed by atoms with Crippen LogP contribution in [0.4, 0.5) is 11.4 Å². The molecular weight excluding hydrogens is 248 g/mol. The van der Waals surface area contributed by atoms with Crippen molar-refractivity contribution in [3.05, 3.63) is 58.6 Å². The molecule has 0 atom stereocenters. The summed E-state index contributed by atoms with van der Waals surface area (Å²) in [4.78, 5) is 14.0. The number of anilines is 2. The highest BCUT2D eigenvalue weighted by atomic mass is 35.5. The Kier molecular flexibility index (Phi) is 2.49. The minimum Gasteiger partial charge on any atom is -0.399 e. The van der Waals surface area contributed by atoms with Crippen LogP contribution in [0.25, 0.3) is 0 Å². The predicted molar refractivity (Wildman–Crippen MR) is 72.8 cm³/mol. The van der Waals surface area contributed by atoms with E-state index in [0.717, 1.165) is 11.3 Å². The molecule has 0 saturated carbocycles. The lowest BCUT2D eigenvalue weighted by Crippen LogP contribution is -2.22. The molecule has 0 fully saturated rings.